The average molecular weight is 254 g/mol. The van der Waals surface area contributed by atoms with E-state index in [1.165, 1.54) is 11.8 Å². The van der Waals surface area contributed by atoms with E-state index in [1.54, 1.807) is 19.1 Å². The number of amides is 3. The summed E-state index contributed by atoms with van der Waals surface area (Å²) in [7, 11) is 0. The summed E-state index contributed by atoms with van der Waals surface area (Å²) in [5, 5.41) is 10.5. The summed E-state index contributed by atoms with van der Waals surface area (Å²) in [4.78, 5) is 22.8. The Balaban J connectivity index is 2.57. The second kappa shape index (κ2) is 6.27. The van der Waals surface area contributed by atoms with E-state index in [4.69, 9.17) is 10.8 Å². The number of aliphatic hydroxyl groups is 1. The number of nitrogens with two attached hydrogens (primary N) is 1. The van der Waals surface area contributed by atoms with Crippen molar-refractivity contribution >= 4 is 23.7 Å². The van der Waals surface area contributed by atoms with Gasteiger partial charge in [-0.2, -0.15) is 0 Å². The van der Waals surface area contributed by atoms with Gasteiger partial charge in [0.2, 0.25) is 5.91 Å². The average Bonchev–Trinajstić information content (AvgIpc) is 2.29. The predicted molar refractivity (Wildman–Crippen MR) is 65.4 cm³/mol. The zero-order valence-corrected chi connectivity index (χ0v) is 10.2. The molecular formula is C11H14N2O3S. The normalized spacial score (nSPS) is 11.9. The summed E-state index contributed by atoms with van der Waals surface area (Å²) in [6.45, 7) is 1.67. The van der Waals surface area contributed by atoms with Gasteiger partial charge in [0.15, 0.2) is 0 Å². The zero-order chi connectivity index (χ0) is 12.8. The second-order valence-corrected chi connectivity index (χ2v) is 4.83. The van der Waals surface area contributed by atoms with Gasteiger partial charge < -0.3 is 10.8 Å². The molecule has 1 atom stereocenters. The maximum Gasteiger partial charge on any atom is 0.318 e. The lowest BCUT2D eigenvalue weighted by molar-refractivity contribution is -0.119. The number of rotatable bonds is 4. The maximum atomic E-state index is 11.4. The van der Waals surface area contributed by atoms with Gasteiger partial charge in [-0.15, -0.1) is 11.8 Å². The third-order valence-electron chi connectivity index (χ3n) is 2.03. The summed E-state index contributed by atoms with van der Waals surface area (Å²) in [5.74, 6) is -0.422. The largest absolute Gasteiger partial charge is 0.392 e. The number of urea groups is 1. The van der Waals surface area contributed by atoms with Crippen molar-refractivity contribution < 1.29 is 14.7 Å². The molecule has 0 spiro atoms. The molecule has 1 aromatic carbocycles. The van der Waals surface area contributed by atoms with E-state index in [2.05, 4.69) is 0 Å². The Hall–Kier alpha value is -1.53. The number of nitrogens with one attached hydrogen (secondary N) is 1. The van der Waals surface area contributed by atoms with Crippen LogP contribution in [0.15, 0.2) is 29.2 Å². The van der Waals surface area contributed by atoms with Crippen LogP contribution in [0.5, 0.6) is 0 Å². The lowest BCUT2D eigenvalue weighted by Crippen LogP contribution is -2.39. The van der Waals surface area contributed by atoms with Crippen molar-refractivity contribution in [3.05, 3.63) is 29.8 Å². The highest BCUT2D eigenvalue weighted by Gasteiger charge is 2.15. The minimum absolute atomic E-state index is 0.0112. The molecule has 0 aromatic heterocycles. The van der Waals surface area contributed by atoms with E-state index >= 15 is 0 Å². The van der Waals surface area contributed by atoms with Crippen molar-refractivity contribution in [3.8, 4) is 0 Å². The van der Waals surface area contributed by atoms with Gasteiger partial charge in [-0.05, 0) is 24.6 Å². The van der Waals surface area contributed by atoms with Crippen LogP contribution in [0.1, 0.15) is 12.5 Å². The fourth-order valence-corrected chi connectivity index (χ4v) is 2.02. The van der Waals surface area contributed by atoms with Gasteiger partial charge >= 0.3 is 6.03 Å². The summed E-state index contributed by atoms with van der Waals surface area (Å²) >= 11 is 1.31. The number of primary amides is 1. The van der Waals surface area contributed by atoms with E-state index in [0.29, 0.717) is 0 Å². The topological polar surface area (TPSA) is 92.4 Å². The van der Waals surface area contributed by atoms with Gasteiger partial charge in [0, 0.05) is 4.90 Å². The number of aliphatic hydroxyl groups excluding tert-OH is 1. The number of imide groups is 1. The van der Waals surface area contributed by atoms with Crippen LogP contribution in [0.2, 0.25) is 0 Å². The minimum Gasteiger partial charge on any atom is -0.392 e. The fourth-order valence-electron chi connectivity index (χ4n) is 1.15. The predicted octanol–water partition coefficient (Wildman–Crippen LogP) is 0.854. The van der Waals surface area contributed by atoms with Crippen LogP contribution in [-0.2, 0) is 11.4 Å². The molecule has 0 heterocycles. The highest BCUT2D eigenvalue weighted by atomic mass is 32.2. The molecule has 0 fully saturated rings. The Morgan fingerprint density at radius 1 is 1.41 bits per heavy atom. The summed E-state index contributed by atoms with van der Waals surface area (Å²) < 4.78 is 0. The Kier molecular flexibility index (Phi) is 4.99. The highest BCUT2D eigenvalue weighted by molar-refractivity contribution is 8.00. The van der Waals surface area contributed by atoms with Crippen molar-refractivity contribution in [3.63, 3.8) is 0 Å². The van der Waals surface area contributed by atoms with Gasteiger partial charge in [-0.3, -0.25) is 10.1 Å². The van der Waals surface area contributed by atoms with Crippen LogP contribution < -0.4 is 11.1 Å². The van der Waals surface area contributed by atoms with Gasteiger partial charge in [-0.1, -0.05) is 12.1 Å². The van der Waals surface area contributed by atoms with Crippen molar-refractivity contribution in [2.45, 2.75) is 23.7 Å². The SMILES string of the molecule is CC(Sc1ccc(CO)cc1)C(=O)NC(N)=O. The number of carbonyl (C=O) groups excluding carboxylic acids is 2. The van der Waals surface area contributed by atoms with E-state index in [-0.39, 0.29) is 6.61 Å². The molecule has 0 aliphatic carbocycles. The monoisotopic (exact) mass is 254 g/mol. The molecule has 4 N–H and O–H groups in total. The van der Waals surface area contributed by atoms with Crippen LogP contribution in [-0.4, -0.2) is 22.3 Å². The van der Waals surface area contributed by atoms with E-state index in [0.717, 1.165) is 10.5 Å². The smallest absolute Gasteiger partial charge is 0.318 e. The number of thioether (sulfide) groups is 1. The molecule has 0 saturated heterocycles. The first-order valence-electron chi connectivity index (χ1n) is 4.99. The molecular weight excluding hydrogens is 240 g/mol. The third kappa shape index (κ3) is 4.46. The molecule has 17 heavy (non-hydrogen) atoms. The summed E-state index contributed by atoms with van der Waals surface area (Å²) in [5.41, 5.74) is 5.66. The van der Waals surface area contributed by atoms with Crippen LogP contribution in [0.25, 0.3) is 0 Å². The fraction of sp³-hybridized carbons (Fsp3) is 0.273. The van der Waals surface area contributed by atoms with Crippen LogP contribution in [0.4, 0.5) is 4.79 Å². The number of benzene rings is 1. The van der Waals surface area contributed by atoms with Gasteiger partial charge in [0.25, 0.3) is 0 Å². The van der Waals surface area contributed by atoms with Crippen molar-refractivity contribution in [2.24, 2.45) is 5.73 Å². The molecule has 0 bridgehead atoms. The molecule has 1 aromatic rings. The molecule has 6 heteroatoms. The molecule has 0 aliphatic heterocycles. The Morgan fingerprint density at radius 3 is 2.47 bits per heavy atom. The first-order chi connectivity index (χ1) is 8.02. The Labute approximate surface area is 103 Å². The molecule has 1 rings (SSSR count). The molecule has 0 aliphatic rings. The summed E-state index contributed by atoms with van der Waals surface area (Å²) in [6, 6.07) is 6.33. The lowest BCUT2D eigenvalue weighted by atomic mass is 10.2. The Morgan fingerprint density at radius 2 is 2.00 bits per heavy atom. The lowest BCUT2D eigenvalue weighted by Gasteiger charge is -2.10. The zero-order valence-electron chi connectivity index (χ0n) is 9.34. The number of hydrogen-bond donors (Lipinski definition) is 3. The van der Waals surface area contributed by atoms with Gasteiger partial charge in [-0.25, -0.2) is 4.79 Å². The van der Waals surface area contributed by atoms with E-state index in [9.17, 15) is 9.59 Å². The quantitative estimate of drug-likeness (QED) is 0.695. The van der Waals surface area contributed by atoms with Crippen LogP contribution >= 0.6 is 11.8 Å². The molecule has 1 unspecified atom stereocenters. The second-order valence-electron chi connectivity index (χ2n) is 3.42. The van der Waals surface area contributed by atoms with E-state index in [1.807, 2.05) is 17.4 Å². The van der Waals surface area contributed by atoms with Gasteiger partial charge in [0.1, 0.15) is 0 Å². The molecule has 0 saturated carbocycles. The van der Waals surface area contributed by atoms with Crippen molar-refractivity contribution in [2.75, 3.05) is 0 Å². The van der Waals surface area contributed by atoms with E-state index < -0.39 is 17.2 Å². The number of carbonyl (C=O) groups is 2. The molecule has 92 valence electrons. The highest BCUT2D eigenvalue weighted by Crippen LogP contribution is 2.23. The third-order valence-corrected chi connectivity index (χ3v) is 3.15. The molecule has 5 nitrogen and oxygen atoms in total. The Bertz CT molecular complexity index is 406. The van der Waals surface area contributed by atoms with Crippen LogP contribution in [0.3, 0.4) is 0 Å². The molecule has 0 radical (unpaired) electrons. The minimum atomic E-state index is -0.849. The maximum absolute atomic E-state index is 11.4. The van der Waals surface area contributed by atoms with Crippen LogP contribution in [0, 0.1) is 0 Å². The molecule has 3 amide bonds. The number of hydrogen-bond acceptors (Lipinski definition) is 4. The van der Waals surface area contributed by atoms with Crippen molar-refractivity contribution in [1.82, 2.24) is 5.32 Å². The van der Waals surface area contributed by atoms with Crippen molar-refractivity contribution in [1.29, 1.82) is 0 Å². The summed E-state index contributed by atoms with van der Waals surface area (Å²) in [6.07, 6.45) is 0. The van der Waals surface area contributed by atoms with Gasteiger partial charge in [0.05, 0.1) is 11.9 Å². The first kappa shape index (κ1) is 13.5. The standard InChI is InChI=1S/C11H14N2O3S/c1-7(10(15)13-11(12)16)17-9-4-2-8(6-14)3-5-9/h2-5,7,14H,6H2,1H3,(H3,12,13,15,16). The first-order valence-corrected chi connectivity index (χ1v) is 5.87.